The summed E-state index contributed by atoms with van der Waals surface area (Å²) in [5, 5.41) is 3.27. The molecule has 1 saturated heterocycles. The van der Waals surface area contributed by atoms with Gasteiger partial charge in [-0.1, -0.05) is 25.0 Å². The Hall–Kier alpha value is -2.04. The van der Waals surface area contributed by atoms with Crippen molar-refractivity contribution in [1.29, 1.82) is 0 Å². The Labute approximate surface area is 143 Å². The van der Waals surface area contributed by atoms with Gasteiger partial charge in [0.1, 0.15) is 0 Å². The van der Waals surface area contributed by atoms with E-state index in [2.05, 4.69) is 27.9 Å². The lowest BCUT2D eigenvalue weighted by Crippen LogP contribution is -2.46. The molecule has 4 rings (SSSR count). The number of benzene rings is 1. The predicted octanol–water partition coefficient (Wildman–Crippen LogP) is 2.85. The van der Waals surface area contributed by atoms with E-state index in [4.69, 9.17) is 4.98 Å². The molecule has 24 heavy (non-hydrogen) atoms. The number of aryl methyl sites for hydroxylation is 1. The van der Waals surface area contributed by atoms with Crippen molar-refractivity contribution in [2.75, 3.05) is 18.0 Å². The van der Waals surface area contributed by atoms with E-state index >= 15 is 0 Å². The summed E-state index contributed by atoms with van der Waals surface area (Å²) < 4.78 is 2.15. The van der Waals surface area contributed by atoms with Crippen molar-refractivity contribution >= 4 is 22.9 Å². The van der Waals surface area contributed by atoms with Crippen molar-refractivity contribution in [3.63, 3.8) is 0 Å². The lowest BCUT2D eigenvalue weighted by Gasteiger charge is -2.33. The van der Waals surface area contributed by atoms with Gasteiger partial charge in [-0.05, 0) is 37.8 Å². The largest absolute Gasteiger partial charge is 0.353 e. The first-order valence-electron chi connectivity index (χ1n) is 9.19. The maximum atomic E-state index is 12.6. The van der Waals surface area contributed by atoms with Crippen molar-refractivity contribution in [2.24, 2.45) is 13.0 Å². The van der Waals surface area contributed by atoms with Crippen LogP contribution in [0.25, 0.3) is 11.0 Å². The molecule has 1 amide bonds. The van der Waals surface area contributed by atoms with Gasteiger partial charge >= 0.3 is 0 Å². The van der Waals surface area contributed by atoms with E-state index in [1.807, 2.05) is 18.2 Å². The van der Waals surface area contributed by atoms with Gasteiger partial charge < -0.3 is 14.8 Å². The Kier molecular flexibility index (Phi) is 4.17. The molecule has 1 atom stereocenters. The topological polar surface area (TPSA) is 50.2 Å². The molecular formula is C19H26N4O. The van der Waals surface area contributed by atoms with Crippen molar-refractivity contribution in [2.45, 2.75) is 44.6 Å². The van der Waals surface area contributed by atoms with Crippen LogP contribution in [0, 0.1) is 5.92 Å². The van der Waals surface area contributed by atoms with E-state index in [1.54, 1.807) is 0 Å². The lowest BCUT2D eigenvalue weighted by molar-refractivity contribution is -0.125. The number of anilines is 1. The highest BCUT2D eigenvalue weighted by Crippen LogP contribution is 2.26. The molecule has 0 spiro atoms. The zero-order chi connectivity index (χ0) is 16.5. The van der Waals surface area contributed by atoms with Crippen LogP contribution in [0.3, 0.4) is 0 Å². The molecule has 1 saturated carbocycles. The fourth-order valence-corrected chi connectivity index (χ4v) is 4.18. The van der Waals surface area contributed by atoms with Crippen LogP contribution in [0.5, 0.6) is 0 Å². The standard InChI is InChI=1S/C19H26N4O/c1-22-17-11-5-4-10-16(17)21-19(22)23-12-6-7-14(13-23)18(24)20-15-8-2-3-9-15/h4-5,10-11,14-15H,2-3,6-9,12-13H2,1H3,(H,20,24). The Bertz CT molecular complexity index is 732. The smallest absolute Gasteiger partial charge is 0.225 e. The van der Waals surface area contributed by atoms with E-state index in [0.29, 0.717) is 6.04 Å². The fourth-order valence-electron chi connectivity index (χ4n) is 4.18. The van der Waals surface area contributed by atoms with Gasteiger partial charge in [0.25, 0.3) is 0 Å². The average Bonchev–Trinajstić information content (AvgIpc) is 3.23. The Balaban J connectivity index is 1.49. The third kappa shape index (κ3) is 2.87. The maximum Gasteiger partial charge on any atom is 0.225 e. The molecule has 2 aromatic rings. The molecule has 1 aromatic heterocycles. The third-order valence-corrected chi connectivity index (χ3v) is 5.54. The molecular weight excluding hydrogens is 300 g/mol. The molecule has 1 aromatic carbocycles. The molecule has 1 unspecified atom stereocenters. The second kappa shape index (κ2) is 6.46. The van der Waals surface area contributed by atoms with Gasteiger partial charge in [-0.3, -0.25) is 4.79 Å². The molecule has 1 aliphatic heterocycles. The van der Waals surface area contributed by atoms with E-state index in [-0.39, 0.29) is 11.8 Å². The Morgan fingerprint density at radius 1 is 1.17 bits per heavy atom. The minimum Gasteiger partial charge on any atom is -0.353 e. The van der Waals surface area contributed by atoms with Crippen molar-refractivity contribution < 1.29 is 4.79 Å². The number of aromatic nitrogens is 2. The molecule has 2 aliphatic rings. The minimum absolute atomic E-state index is 0.0826. The number of hydrogen-bond acceptors (Lipinski definition) is 3. The molecule has 5 nitrogen and oxygen atoms in total. The number of carbonyl (C=O) groups is 1. The molecule has 0 bridgehead atoms. The number of carbonyl (C=O) groups excluding carboxylic acids is 1. The average molecular weight is 326 g/mol. The van der Waals surface area contributed by atoms with E-state index < -0.39 is 0 Å². The van der Waals surface area contributed by atoms with Crippen LogP contribution in [-0.2, 0) is 11.8 Å². The van der Waals surface area contributed by atoms with E-state index in [0.717, 1.165) is 55.8 Å². The van der Waals surface area contributed by atoms with Gasteiger partial charge in [0.2, 0.25) is 11.9 Å². The van der Waals surface area contributed by atoms with Crippen LogP contribution in [-0.4, -0.2) is 34.6 Å². The molecule has 2 fully saturated rings. The number of piperidine rings is 1. The number of nitrogens with one attached hydrogen (secondary N) is 1. The van der Waals surface area contributed by atoms with Crippen LogP contribution >= 0.6 is 0 Å². The van der Waals surface area contributed by atoms with Crippen molar-refractivity contribution in [3.05, 3.63) is 24.3 Å². The second-order valence-corrected chi connectivity index (χ2v) is 7.23. The molecule has 1 aliphatic carbocycles. The van der Waals surface area contributed by atoms with Gasteiger partial charge in [0.05, 0.1) is 17.0 Å². The van der Waals surface area contributed by atoms with Gasteiger partial charge in [-0.25, -0.2) is 4.98 Å². The SMILES string of the molecule is Cn1c(N2CCCC(C(=O)NC3CCCC3)C2)nc2ccccc21. The predicted molar refractivity (Wildman–Crippen MR) is 96.0 cm³/mol. The van der Waals surface area contributed by atoms with Gasteiger partial charge in [-0.15, -0.1) is 0 Å². The summed E-state index contributed by atoms with van der Waals surface area (Å²) >= 11 is 0. The first-order chi connectivity index (χ1) is 11.7. The monoisotopic (exact) mass is 326 g/mol. The van der Waals surface area contributed by atoms with E-state index in [1.165, 1.54) is 12.8 Å². The van der Waals surface area contributed by atoms with E-state index in [9.17, 15) is 4.79 Å². The number of imidazole rings is 1. The lowest BCUT2D eigenvalue weighted by atomic mass is 9.97. The summed E-state index contributed by atoms with van der Waals surface area (Å²) in [5.41, 5.74) is 2.16. The number of para-hydroxylation sites is 2. The highest BCUT2D eigenvalue weighted by molar-refractivity contribution is 5.81. The van der Waals surface area contributed by atoms with Crippen molar-refractivity contribution in [1.82, 2.24) is 14.9 Å². The van der Waals surface area contributed by atoms with Crippen LogP contribution < -0.4 is 10.2 Å². The van der Waals surface area contributed by atoms with Crippen LogP contribution in [0.4, 0.5) is 5.95 Å². The summed E-state index contributed by atoms with van der Waals surface area (Å²) in [7, 11) is 2.06. The Morgan fingerprint density at radius 3 is 2.75 bits per heavy atom. The number of nitrogens with zero attached hydrogens (tertiary/aromatic N) is 3. The van der Waals surface area contributed by atoms with Crippen molar-refractivity contribution in [3.8, 4) is 0 Å². The first-order valence-corrected chi connectivity index (χ1v) is 9.19. The van der Waals surface area contributed by atoms with Crippen LogP contribution in [0.1, 0.15) is 38.5 Å². The van der Waals surface area contributed by atoms with Gasteiger partial charge in [0, 0.05) is 26.2 Å². The number of rotatable bonds is 3. The first kappa shape index (κ1) is 15.5. The third-order valence-electron chi connectivity index (χ3n) is 5.54. The molecule has 5 heteroatoms. The van der Waals surface area contributed by atoms with Gasteiger partial charge in [-0.2, -0.15) is 0 Å². The summed E-state index contributed by atoms with van der Waals surface area (Å²) in [6.07, 6.45) is 6.83. The summed E-state index contributed by atoms with van der Waals surface area (Å²) in [5.74, 6) is 1.30. The number of fused-ring (bicyclic) bond motifs is 1. The molecule has 0 radical (unpaired) electrons. The fraction of sp³-hybridized carbons (Fsp3) is 0.579. The summed E-state index contributed by atoms with van der Waals surface area (Å²) in [6.45, 7) is 1.75. The highest BCUT2D eigenvalue weighted by Gasteiger charge is 2.29. The van der Waals surface area contributed by atoms with Gasteiger partial charge in [0.15, 0.2) is 0 Å². The molecule has 128 valence electrons. The summed E-state index contributed by atoms with van der Waals surface area (Å²) in [4.78, 5) is 19.7. The number of amides is 1. The zero-order valence-corrected chi connectivity index (χ0v) is 14.4. The van der Waals surface area contributed by atoms with Crippen LogP contribution in [0.15, 0.2) is 24.3 Å². The minimum atomic E-state index is 0.0826. The maximum absolute atomic E-state index is 12.6. The zero-order valence-electron chi connectivity index (χ0n) is 14.4. The second-order valence-electron chi connectivity index (χ2n) is 7.23. The summed E-state index contributed by atoms with van der Waals surface area (Å²) in [6, 6.07) is 8.62. The normalized spacial score (nSPS) is 22.2. The quantitative estimate of drug-likeness (QED) is 0.943. The number of hydrogen-bond donors (Lipinski definition) is 1. The Morgan fingerprint density at radius 2 is 1.96 bits per heavy atom. The molecule has 2 heterocycles. The molecule has 1 N–H and O–H groups in total. The van der Waals surface area contributed by atoms with Crippen LogP contribution in [0.2, 0.25) is 0 Å². The highest BCUT2D eigenvalue weighted by atomic mass is 16.2.